The van der Waals surface area contributed by atoms with Gasteiger partial charge in [-0.25, -0.2) is 4.39 Å². The Hall–Kier alpha value is -1.24. The quantitative estimate of drug-likeness (QED) is 0.714. The summed E-state index contributed by atoms with van der Waals surface area (Å²) in [5.74, 6) is 0.547. The summed E-state index contributed by atoms with van der Waals surface area (Å²) in [6.07, 6.45) is -0.579. The van der Waals surface area contributed by atoms with Crippen LogP contribution < -0.4 is 9.64 Å². The van der Waals surface area contributed by atoms with Crippen LogP contribution in [0.4, 0.5) is 10.1 Å². The van der Waals surface area contributed by atoms with Gasteiger partial charge in [-0.3, -0.25) is 4.90 Å². The molecule has 156 valence electrons. The van der Waals surface area contributed by atoms with E-state index in [-0.39, 0.29) is 37.2 Å². The van der Waals surface area contributed by atoms with E-state index in [0.29, 0.717) is 17.3 Å². The lowest BCUT2D eigenvalue weighted by molar-refractivity contribution is 0.0660. The number of aliphatic hydroxyl groups excluding tert-OH is 1. The zero-order valence-electron chi connectivity index (χ0n) is 15.7. The van der Waals surface area contributed by atoms with Crippen molar-refractivity contribution >= 4 is 42.1 Å². The normalized spacial score (nSPS) is 15.4. The molecule has 1 heterocycles. The van der Waals surface area contributed by atoms with Gasteiger partial charge in [0.1, 0.15) is 24.3 Å². The van der Waals surface area contributed by atoms with Gasteiger partial charge in [0.15, 0.2) is 0 Å². The predicted molar refractivity (Wildman–Crippen MR) is 117 cm³/mol. The van der Waals surface area contributed by atoms with E-state index in [2.05, 4.69) is 4.90 Å². The largest absolute Gasteiger partial charge is 0.491 e. The van der Waals surface area contributed by atoms with E-state index in [4.69, 9.17) is 16.3 Å². The molecule has 1 aliphatic rings. The highest BCUT2D eigenvalue weighted by Gasteiger charge is 2.21. The monoisotopic (exact) mass is 450 g/mol. The van der Waals surface area contributed by atoms with Crippen LogP contribution in [0.15, 0.2) is 42.5 Å². The number of aliphatic hydroxyl groups is 1. The topological polar surface area (TPSA) is 35.9 Å². The smallest absolute Gasteiger partial charge is 0.146 e. The highest BCUT2D eigenvalue weighted by Crippen LogP contribution is 2.22. The molecule has 2 aromatic rings. The molecule has 0 amide bonds. The lowest BCUT2D eigenvalue weighted by atomic mass is 10.2. The maximum atomic E-state index is 13.9. The van der Waals surface area contributed by atoms with E-state index in [0.717, 1.165) is 37.5 Å². The summed E-state index contributed by atoms with van der Waals surface area (Å²) in [5.41, 5.74) is 1.59. The summed E-state index contributed by atoms with van der Waals surface area (Å²) in [7, 11) is 0. The zero-order valence-corrected chi connectivity index (χ0v) is 18.1. The van der Waals surface area contributed by atoms with Crippen LogP contribution in [0.1, 0.15) is 5.56 Å². The number of anilines is 1. The molecule has 1 N–H and O–H groups in total. The molecule has 0 aliphatic carbocycles. The highest BCUT2D eigenvalue weighted by atomic mass is 35.5. The van der Waals surface area contributed by atoms with Crippen molar-refractivity contribution < 1.29 is 14.2 Å². The predicted octanol–water partition coefficient (Wildman–Crippen LogP) is 4.19. The number of para-hydroxylation sites is 1. The fraction of sp³-hybridized carbons (Fsp3) is 0.400. The maximum absolute atomic E-state index is 13.9. The van der Waals surface area contributed by atoms with Gasteiger partial charge in [0.2, 0.25) is 0 Å². The van der Waals surface area contributed by atoms with Gasteiger partial charge in [-0.1, -0.05) is 23.7 Å². The van der Waals surface area contributed by atoms with Crippen molar-refractivity contribution in [2.24, 2.45) is 0 Å². The van der Waals surface area contributed by atoms with E-state index in [1.54, 1.807) is 12.1 Å². The Morgan fingerprint density at radius 2 is 1.79 bits per heavy atom. The molecule has 28 heavy (non-hydrogen) atoms. The van der Waals surface area contributed by atoms with Gasteiger partial charge in [0.25, 0.3) is 0 Å². The number of halogens is 4. The molecule has 8 heteroatoms. The molecule has 4 nitrogen and oxygen atoms in total. The SMILES string of the molecule is Cc1cc(Cl)ccc1OCC(O)CN1CCN(c2ccccc2F)CC1.Cl.Cl. The Balaban J connectivity index is 0.00000196. The van der Waals surface area contributed by atoms with Gasteiger partial charge in [0, 0.05) is 37.7 Å². The van der Waals surface area contributed by atoms with Crippen molar-refractivity contribution in [2.75, 3.05) is 44.2 Å². The first-order valence-corrected chi connectivity index (χ1v) is 9.19. The Kier molecular flexibility index (Phi) is 10.4. The van der Waals surface area contributed by atoms with E-state index in [1.165, 1.54) is 6.07 Å². The molecular weight excluding hydrogens is 426 g/mol. The number of nitrogens with zero attached hydrogens (tertiary/aromatic N) is 2. The third-order valence-electron chi connectivity index (χ3n) is 4.60. The minimum absolute atomic E-state index is 0. The Morgan fingerprint density at radius 1 is 1.11 bits per heavy atom. The second-order valence-corrected chi connectivity index (χ2v) is 7.05. The minimum atomic E-state index is -0.579. The molecule has 3 rings (SSSR count). The van der Waals surface area contributed by atoms with Crippen LogP contribution in [0.3, 0.4) is 0 Å². The molecule has 1 atom stereocenters. The molecule has 2 aromatic carbocycles. The van der Waals surface area contributed by atoms with Crippen LogP contribution in [0.5, 0.6) is 5.75 Å². The van der Waals surface area contributed by atoms with Gasteiger partial charge >= 0.3 is 0 Å². The van der Waals surface area contributed by atoms with E-state index in [1.807, 2.05) is 36.1 Å². The average Bonchev–Trinajstić information content (AvgIpc) is 2.62. The third-order valence-corrected chi connectivity index (χ3v) is 4.84. The van der Waals surface area contributed by atoms with Crippen molar-refractivity contribution in [3.8, 4) is 5.75 Å². The molecule has 1 saturated heterocycles. The van der Waals surface area contributed by atoms with Gasteiger partial charge in [-0.15, -0.1) is 24.8 Å². The first-order valence-electron chi connectivity index (χ1n) is 8.82. The minimum Gasteiger partial charge on any atom is -0.491 e. The fourth-order valence-corrected chi connectivity index (χ4v) is 3.42. The van der Waals surface area contributed by atoms with Crippen LogP contribution in [0.25, 0.3) is 0 Å². The number of rotatable bonds is 6. The summed E-state index contributed by atoms with van der Waals surface area (Å²) >= 11 is 5.94. The van der Waals surface area contributed by atoms with Crippen molar-refractivity contribution in [2.45, 2.75) is 13.0 Å². The first-order chi connectivity index (χ1) is 12.5. The summed E-state index contributed by atoms with van der Waals surface area (Å²) in [6, 6.07) is 12.3. The lowest BCUT2D eigenvalue weighted by Crippen LogP contribution is -2.49. The lowest BCUT2D eigenvalue weighted by Gasteiger charge is -2.37. The number of hydrogen-bond acceptors (Lipinski definition) is 4. The molecule has 1 unspecified atom stereocenters. The molecule has 0 saturated carbocycles. The van der Waals surface area contributed by atoms with E-state index < -0.39 is 6.10 Å². The number of aryl methyl sites for hydroxylation is 1. The van der Waals surface area contributed by atoms with Gasteiger partial charge in [0.05, 0.1) is 5.69 Å². The Labute approximate surface area is 183 Å². The van der Waals surface area contributed by atoms with Gasteiger partial charge in [-0.2, -0.15) is 0 Å². The summed E-state index contributed by atoms with van der Waals surface area (Å²) < 4.78 is 19.6. The number of hydrogen-bond donors (Lipinski definition) is 1. The third kappa shape index (κ3) is 6.68. The summed E-state index contributed by atoms with van der Waals surface area (Å²) in [4.78, 5) is 4.23. The first kappa shape index (κ1) is 24.8. The van der Waals surface area contributed by atoms with Crippen molar-refractivity contribution in [3.63, 3.8) is 0 Å². The van der Waals surface area contributed by atoms with Gasteiger partial charge < -0.3 is 14.7 Å². The van der Waals surface area contributed by atoms with Crippen molar-refractivity contribution in [1.82, 2.24) is 4.90 Å². The average molecular weight is 452 g/mol. The number of ether oxygens (including phenoxy) is 1. The number of benzene rings is 2. The molecule has 0 bridgehead atoms. The molecule has 0 aromatic heterocycles. The fourth-order valence-electron chi connectivity index (χ4n) is 3.19. The molecule has 0 spiro atoms. The highest BCUT2D eigenvalue weighted by molar-refractivity contribution is 6.30. The van der Waals surface area contributed by atoms with E-state index in [9.17, 15) is 9.50 Å². The van der Waals surface area contributed by atoms with Crippen LogP contribution in [-0.2, 0) is 0 Å². The summed E-state index contributed by atoms with van der Waals surface area (Å²) in [6.45, 7) is 5.75. The zero-order chi connectivity index (χ0) is 18.5. The number of piperazine rings is 1. The second kappa shape index (κ2) is 11.7. The second-order valence-electron chi connectivity index (χ2n) is 6.61. The maximum Gasteiger partial charge on any atom is 0.146 e. The Bertz CT molecular complexity index is 743. The number of β-amino-alcohol motifs (C(OH)–C–C–N with tert-alkyl or cyclic N) is 1. The van der Waals surface area contributed by atoms with Gasteiger partial charge in [-0.05, 0) is 42.8 Å². The van der Waals surface area contributed by atoms with Crippen molar-refractivity contribution in [3.05, 3.63) is 58.9 Å². The molecule has 1 aliphatic heterocycles. The van der Waals surface area contributed by atoms with Crippen LogP contribution in [0, 0.1) is 12.7 Å². The standard InChI is InChI=1S/C20H24ClFN2O2.2ClH/c1-15-12-16(21)6-7-20(15)26-14-17(25)13-23-8-10-24(11-9-23)19-5-3-2-4-18(19)22;;/h2-7,12,17,25H,8-11,13-14H2,1H3;2*1H. The summed E-state index contributed by atoms with van der Waals surface area (Å²) in [5, 5.41) is 10.9. The van der Waals surface area contributed by atoms with Crippen molar-refractivity contribution in [1.29, 1.82) is 0 Å². The van der Waals surface area contributed by atoms with E-state index >= 15 is 0 Å². The van der Waals surface area contributed by atoms with Crippen LogP contribution in [0.2, 0.25) is 5.02 Å². The molecular formula is C20H26Cl3FN2O2. The van der Waals surface area contributed by atoms with Crippen LogP contribution >= 0.6 is 36.4 Å². The molecule has 1 fully saturated rings. The Morgan fingerprint density at radius 3 is 2.43 bits per heavy atom. The molecule has 0 radical (unpaired) electrons. The van der Waals surface area contributed by atoms with Crippen LogP contribution in [-0.4, -0.2) is 55.4 Å².